The van der Waals surface area contributed by atoms with Crippen LogP contribution in [0.1, 0.15) is 30.1 Å². The molecular weight excluding hydrogens is 586 g/mol. The summed E-state index contributed by atoms with van der Waals surface area (Å²) in [6, 6.07) is 9.19. The minimum Gasteiger partial charge on any atom is -0.352 e. The number of aromatic amines is 1. The molecule has 3 aromatic rings. The number of pyridine rings is 1. The Morgan fingerprint density at radius 1 is 1.16 bits per heavy atom. The van der Waals surface area contributed by atoms with Crippen LogP contribution in [-0.2, 0) is 0 Å². The van der Waals surface area contributed by atoms with E-state index in [1.165, 1.54) is 11.9 Å². The van der Waals surface area contributed by atoms with Gasteiger partial charge in [-0.25, -0.2) is 9.97 Å². The fourth-order valence-electron chi connectivity index (χ4n) is 5.80. The molecule has 1 atom stereocenters. The molecule has 0 saturated carbocycles. The number of amides is 1. The van der Waals surface area contributed by atoms with Gasteiger partial charge in [0.15, 0.2) is 0 Å². The third kappa shape index (κ3) is 6.68. The summed E-state index contributed by atoms with van der Waals surface area (Å²) in [4.78, 5) is 31.9. The van der Waals surface area contributed by atoms with E-state index in [0.29, 0.717) is 41.5 Å². The molecule has 12 heteroatoms. The predicted molar refractivity (Wildman–Crippen MR) is 172 cm³/mol. The first kappa shape index (κ1) is 31.3. The minimum absolute atomic E-state index is 0.0423. The fraction of sp³-hybridized carbons (Fsp3) is 0.375. The van der Waals surface area contributed by atoms with E-state index >= 15 is 0 Å². The molecule has 9 nitrogen and oxygen atoms in total. The minimum atomic E-state index is -3.19. The first-order valence-electron chi connectivity index (χ1n) is 14.6. The Bertz CT molecular complexity index is 1500. The largest absolute Gasteiger partial charge is 0.352 e. The summed E-state index contributed by atoms with van der Waals surface area (Å²) in [7, 11) is 1.59. The van der Waals surface area contributed by atoms with E-state index in [2.05, 4.69) is 43.0 Å². The number of imidazole rings is 1. The molecule has 0 unspecified atom stereocenters. The van der Waals surface area contributed by atoms with Crippen LogP contribution in [0.15, 0.2) is 79.3 Å². The number of piperidine rings is 1. The third-order valence-electron chi connectivity index (χ3n) is 8.37. The highest BCUT2D eigenvalue weighted by molar-refractivity contribution is 6.33. The number of anilines is 2. The van der Waals surface area contributed by atoms with Crippen LogP contribution in [0, 0.1) is 0 Å². The van der Waals surface area contributed by atoms with Crippen molar-refractivity contribution >= 4 is 34.7 Å². The van der Waals surface area contributed by atoms with Crippen molar-refractivity contribution in [2.75, 3.05) is 49.7 Å². The average molecular weight is 623 g/mol. The van der Waals surface area contributed by atoms with Crippen molar-refractivity contribution in [2.24, 2.45) is 5.10 Å². The first-order chi connectivity index (χ1) is 21.1. The van der Waals surface area contributed by atoms with Crippen molar-refractivity contribution in [3.63, 3.8) is 0 Å². The van der Waals surface area contributed by atoms with Gasteiger partial charge in [-0.2, -0.15) is 13.9 Å². The number of piperazine rings is 1. The molecule has 0 bridgehead atoms. The van der Waals surface area contributed by atoms with Gasteiger partial charge in [-0.3, -0.25) is 14.7 Å². The van der Waals surface area contributed by atoms with E-state index in [1.54, 1.807) is 49.9 Å². The summed E-state index contributed by atoms with van der Waals surface area (Å²) in [5, 5.41) is 5.91. The van der Waals surface area contributed by atoms with Gasteiger partial charge in [0.2, 0.25) is 0 Å². The first-order valence-corrected chi connectivity index (χ1v) is 15.0. The van der Waals surface area contributed by atoms with Gasteiger partial charge in [-0.1, -0.05) is 24.3 Å². The smallest absolute Gasteiger partial charge is 0.305 e. The highest BCUT2D eigenvalue weighted by Crippen LogP contribution is 2.31. The van der Waals surface area contributed by atoms with E-state index in [0.717, 1.165) is 49.7 Å². The number of aromatic nitrogens is 3. The quantitative estimate of drug-likeness (QED) is 0.186. The van der Waals surface area contributed by atoms with Crippen molar-refractivity contribution in [3.8, 4) is 11.4 Å². The van der Waals surface area contributed by atoms with Crippen LogP contribution >= 0.6 is 11.6 Å². The standard InChI is InChI=1S/C32H37ClF2N8O/c1-5-25-21-42(30-28(33)19-24(20-38-30)29-36-13-14-37-29)17-18-43(25)27-11-15-41(16-12-27)31(44)23-7-9-26(10-8-23)40(4)39-22(3)32(34,35)6-2/h5-10,13-14,19-20,25,27H,1-2,11-12,15-18,21H2,3-4H3,(H,36,37)/b39-22+/t25-/m0/s1. The molecule has 1 N–H and O–H groups in total. The second-order valence-corrected chi connectivity index (χ2v) is 11.5. The number of benzene rings is 1. The monoisotopic (exact) mass is 622 g/mol. The highest BCUT2D eigenvalue weighted by atomic mass is 35.5. The van der Waals surface area contributed by atoms with Crippen LogP contribution in [0.4, 0.5) is 20.3 Å². The zero-order chi connectivity index (χ0) is 31.4. The molecule has 5 rings (SSSR count). The number of allylic oxidation sites excluding steroid dienone is 1. The number of alkyl halides is 2. The van der Waals surface area contributed by atoms with Crippen LogP contribution in [-0.4, -0.2) is 94.1 Å². The van der Waals surface area contributed by atoms with E-state index in [4.69, 9.17) is 11.6 Å². The fourth-order valence-corrected chi connectivity index (χ4v) is 6.08. The molecule has 0 spiro atoms. The van der Waals surface area contributed by atoms with E-state index < -0.39 is 5.92 Å². The molecule has 1 aromatic carbocycles. The average Bonchev–Trinajstić information content (AvgIpc) is 3.59. The van der Waals surface area contributed by atoms with Gasteiger partial charge in [-0.05, 0) is 56.2 Å². The van der Waals surface area contributed by atoms with Crippen molar-refractivity contribution < 1.29 is 13.6 Å². The van der Waals surface area contributed by atoms with Crippen molar-refractivity contribution in [3.05, 3.63) is 84.8 Å². The number of carbonyl (C=O) groups excluding carboxylic acids is 1. The number of rotatable bonds is 9. The number of carbonyl (C=O) groups is 1. The molecule has 1 amide bonds. The maximum Gasteiger partial charge on any atom is 0.305 e. The lowest BCUT2D eigenvalue weighted by Gasteiger charge is -2.47. The molecule has 0 aliphatic carbocycles. The topological polar surface area (TPSA) is 84.0 Å². The van der Waals surface area contributed by atoms with Crippen LogP contribution < -0.4 is 9.91 Å². The number of H-pyrrole nitrogens is 1. The summed E-state index contributed by atoms with van der Waals surface area (Å²) >= 11 is 6.66. The lowest BCUT2D eigenvalue weighted by Crippen LogP contribution is -2.58. The van der Waals surface area contributed by atoms with Crippen LogP contribution in [0.5, 0.6) is 0 Å². The summed E-state index contributed by atoms with van der Waals surface area (Å²) in [5.41, 5.74) is 1.62. The Morgan fingerprint density at radius 2 is 1.89 bits per heavy atom. The highest BCUT2D eigenvalue weighted by Gasteiger charge is 2.34. The Labute approximate surface area is 261 Å². The molecule has 2 fully saturated rings. The van der Waals surface area contributed by atoms with E-state index in [-0.39, 0.29) is 17.7 Å². The van der Waals surface area contributed by atoms with Gasteiger partial charge in [0, 0.05) is 81.6 Å². The van der Waals surface area contributed by atoms with Crippen LogP contribution in [0.25, 0.3) is 11.4 Å². The summed E-state index contributed by atoms with van der Waals surface area (Å²) in [6.07, 6.45) is 9.52. The Kier molecular flexibility index (Phi) is 9.45. The number of hydrazone groups is 1. The second-order valence-electron chi connectivity index (χ2n) is 11.1. The van der Waals surface area contributed by atoms with Crippen molar-refractivity contribution in [1.29, 1.82) is 0 Å². The van der Waals surface area contributed by atoms with Gasteiger partial charge in [0.25, 0.3) is 5.91 Å². The molecule has 44 heavy (non-hydrogen) atoms. The van der Waals surface area contributed by atoms with Gasteiger partial charge >= 0.3 is 5.92 Å². The molecule has 2 aromatic heterocycles. The normalized spacial score (nSPS) is 18.8. The molecular formula is C32H37ClF2N8O. The van der Waals surface area contributed by atoms with Crippen LogP contribution in [0.2, 0.25) is 5.02 Å². The molecule has 4 heterocycles. The Hall–Kier alpha value is -4.09. The van der Waals surface area contributed by atoms with Gasteiger partial charge < -0.3 is 14.8 Å². The number of halogens is 3. The molecule has 2 aliphatic heterocycles. The van der Waals surface area contributed by atoms with E-state index in [1.807, 2.05) is 17.0 Å². The SMILES string of the molecule is C=C[C@H]1CN(c2ncc(-c3ncc[nH]3)cc2Cl)CCN1C1CCN(C(=O)c2ccc(N(C)/N=C(\C)C(F)(F)C=C)cc2)CC1. The summed E-state index contributed by atoms with van der Waals surface area (Å²) in [6.45, 7) is 12.2. The molecule has 232 valence electrons. The zero-order valence-corrected chi connectivity index (χ0v) is 25.7. The lowest BCUT2D eigenvalue weighted by molar-refractivity contribution is 0.0558. The Balaban J connectivity index is 1.16. The second kappa shape index (κ2) is 13.3. The zero-order valence-electron chi connectivity index (χ0n) is 25.0. The van der Waals surface area contributed by atoms with Crippen LogP contribution in [0.3, 0.4) is 0 Å². The third-order valence-corrected chi connectivity index (χ3v) is 8.65. The molecule has 0 radical (unpaired) electrons. The number of hydrogen-bond donors (Lipinski definition) is 1. The van der Waals surface area contributed by atoms with E-state index in [9.17, 15) is 13.6 Å². The van der Waals surface area contributed by atoms with Gasteiger partial charge in [-0.15, -0.1) is 6.58 Å². The van der Waals surface area contributed by atoms with Gasteiger partial charge in [0.05, 0.1) is 10.7 Å². The lowest BCUT2D eigenvalue weighted by atomic mass is 9.98. The number of nitrogens with one attached hydrogen (secondary N) is 1. The predicted octanol–water partition coefficient (Wildman–Crippen LogP) is 5.74. The molecule has 2 aliphatic rings. The summed E-state index contributed by atoms with van der Waals surface area (Å²) < 4.78 is 27.6. The number of nitrogens with zero attached hydrogens (tertiary/aromatic N) is 7. The Morgan fingerprint density at radius 3 is 2.50 bits per heavy atom. The van der Waals surface area contributed by atoms with Crippen molar-refractivity contribution in [2.45, 2.75) is 37.8 Å². The summed E-state index contributed by atoms with van der Waals surface area (Å²) in [5.74, 6) is -1.75. The van der Waals surface area contributed by atoms with Crippen molar-refractivity contribution in [1.82, 2.24) is 24.8 Å². The maximum atomic E-state index is 13.8. The van der Waals surface area contributed by atoms with Gasteiger partial charge in [0.1, 0.15) is 17.4 Å². The maximum absolute atomic E-state index is 13.8. The number of likely N-dealkylation sites (tertiary alicyclic amines) is 1. The molecule has 2 saturated heterocycles. The number of hydrogen-bond acceptors (Lipinski definition) is 7.